The second-order valence-corrected chi connectivity index (χ2v) is 8.23. The predicted octanol–water partition coefficient (Wildman–Crippen LogP) is 2.37. The molecule has 2 unspecified atom stereocenters. The van der Waals surface area contributed by atoms with Crippen molar-refractivity contribution in [1.29, 1.82) is 0 Å². The third-order valence-corrected chi connectivity index (χ3v) is 5.57. The van der Waals surface area contributed by atoms with Gasteiger partial charge in [-0.1, -0.05) is 11.6 Å². The van der Waals surface area contributed by atoms with Gasteiger partial charge in [0.2, 0.25) is 15.2 Å². The molecule has 0 saturated carbocycles. The molecule has 1 aliphatic rings. The summed E-state index contributed by atoms with van der Waals surface area (Å²) in [5.41, 5.74) is -3.10. The van der Waals surface area contributed by atoms with E-state index in [-0.39, 0.29) is 5.70 Å². The van der Waals surface area contributed by atoms with Crippen LogP contribution < -0.4 is 10.3 Å². The van der Waals surface area contributed by atoms with E-state index in [0.717, 1.165) is 25.2 Å². The van der Waals surface area contributed by atoms with E-state index >= 15 is 0 Å². The number of allylic oxidation sites excluding steroid dienone is 2. The van der Waals surface area contributed by atoms with Gasteiger partial charge >= 0.3 is 6.18 Å². The van der Waals surface area contributed by atoms with Gasteiger partial charge in [0.15, 0.2) is 0 Å². The minimum atomic E-state index is -4.77. The minimum Gasteiger partial charge on any atom is -0.267 e. The lowest BCUT2D eigenvalue weighted by atomic mass is 10.1. The zero-order valence-corrected chi connectivity index (χ0v) is 15.2. The lowest BCUT2D eigenvalue weighted by molar-refractivity contribution is -0.138. The Morgan fingerprint density at radius 2 is 2.04 bits per heavy atom. The predicted molar refractivity (Wildman–Crippen MR) is 87.9 cm³/mol. The molecule has 0 spiro atoms. The maximum absolute atomic E-state index is 14.3. The summed E-state index contributed by atoms with van der Waals surface area (Å²) >= 11 is 10.8. The van der Waals surface area contributed by atoms with Gasteiger partial charge in [-0.15, -0.1) is 11.6 Å². The van der Waals surface area contributed by atoms with Gasteiger partial charge in [-0.3, -0.25) is 4.79 Å². The van der Waals surface area contributed by atoms with Crippen LogP contribution in [0.5, 0.6) is 0 Å². The molecule has 2 rings (SSSR count). The molecule has 2 atom stereocenters. The van der Waals surface area contributed by atoms with Gasteiger partial charge in [-0.05, 0) is 25.2 Å². The molecule has 0 saturated heterocycles. The monoisotopic (exact) mass is 435 g/mol. The van der Waals surface area contributed by atoms with E-state index in [1.54, 1.807) is 0 Å². The van der Waals surface area contributed by atoms with Gasteiger partial charge in [0, 0.05) is 5.56 Å². The van der Waals surface area contributed by atoms with Crippen molar-refractivity contribution in [3.8, 4) is 0 Å². The molecule has 1 N–H and O–H groups in total. The second-order valence-electron chi connectivity index (χ2n) is 5.32. The third-order valence-electron chi connectivity index (χ3n) is 3.45. The van der Waals surface area contributed by atoms with Gasteiger partial charge in [-0.25, -0.2) is 17.5 Å². The van der Waals surface area contributed by atoms with Crippen molar-refractivity contribution < 1.29 is 26.0 Å². The average Bonchev–Trinajstić information content (AvgIpc) is 2.51. The molecule has 0 fully saturated rings. The average molecular weight is 436 g/mol. The van der Waals surface area contributed by atoms with Crippen LogP contribution >= 0.6 is 23.2 Å². The van der Waals surface area contributed by atoms with Gasteiger partial charge in [0.25, 0.3) is 5.56 Å². The lowest BCUT2D eigenvalue weighted by Crippen LogP contribution is -2.46. The Morgan fingerprint density at radius 1 is 1.42 bits per heavy atom. The van der Waals surface area contributed by atoms with E-state index in [1.165, 1.54) is 0 Å². The summed E-state index contributed by atoms with van der Waals surface area (Å²) < 4.78 is 78.3. The normalized spacial score (nSPS) is 23.8. The summed E-state index contributed by atoms with van der Waals surface area (Å²) in [5, 5.41) is -0.124. The number of halogens is 6. The number of nitrogens with zero attached hydrogens (tertiary/aromatic N) is 2. The first-order chi connectivity index (χ1) is 11.8. The third kappa shape index (κ3) is 4.27. The maximum Gasteiger partial charge on any atom is 0.418 e. The molecule has 1 aliphatic carbocycles. The van der Waals surface area contributed by atoms with Crippen LogP contribution in [-0.4, -0.2) is 34.6 Å². The summed E-state index contributed by atoms with van der Waals surface area (Å²) in [6.45, 7) is 0.963. The van der Waals surface area contributed by atoms with E-state index in [2.05, 4.69) is 5.10 Å². The van der Waals surface area contributed by atoms with Crippen LogP contribution in [0, 0.1) is 6.92 Å². The first-order valence-corrected chi connectivity index (χ1v) is 9.36. The van der Waals surface area contributed by atoms with Crippen molar-refractivity contribution in [2.24, 2.45) is 0 Å². The summed E-state index contributed by atoms with van der Waals surface area (Å²) in [6, 6.07) is -1.66. The van der Waals surface area contributed by atoms with E-state index in [4.69, 9.17) is 23.2 Å². The van der Waals surface area contributed by atoms with Crippen LogP contribution in [0.2, 0.25) is 0 Å². The Labute approximate surface area is 155 Å². The van der Waals surface area contributed by atoms with E-state index in [9.17, 15) is 30.8 Å². The molecule has 26 heavy (non-hydrogen) atoms. The zero-order chi connectivity index (χ0) is 19.9. The minimum absolute atomic E-state index is 0.164. The first-order valence-electron chi connectivity index (χ1n) is 6.80. The van der Waals surface area contributed by atoms with E-state index in [0.29, 0.717) is 10.9 Å². The quantitative estimate of drug-likeness (QED) is 0.581. The molecule has 0 aliphatic heterocycles. The van der Waals surface area contributed by atoms with Crippen molar-refractivity contribution in [3.63, 3.8) is 0 Å². The van der Waals surface area contributed by atoms with Gasteiger partial charge in [0.1, 0.15) is 5.21 Å². The zero-order valence-electron chi connectivity index (χ0n) is 12.9. The highest BCUT2D eigenvalue weighted by Crippen LogP contribution is 2.32. The molecule has 0 aromatic carbocycles. The Kier molecular flexibility index (Phi) is 5.58. The van der Waals surface area contributed by atoms with E-state index in [1.807, 2.05) is 4.72 Å². The van der Waals surface area contributed by atoms with Gasteiger partial charge in [0.05, 0.1) is 23.5 Å². The molecule has 144 valence electrons. The Morgan fingerprint density at radius 3 is 2.58 bits per heavy atom. The smallest absolute Gasteiger partial charge is 0.267 e. The van der Waals surface area contributed by atoms with Crippen molar-refractivity contribution in [2.45, 2.75) is 24.3 Å². The Bertz CT molecular complexity index is 939. The summed E-state index contributed by atoms with van der Waals surface area (Å²) in [6.07, 6.45) is -1.67. The van der Waals surface area contributed by atoms with Crippen LogP contribution in [0.25, 0.3) is 5.70 Å². The van der Waals surface area contributed by atoms with Crippen LogP contribution in [0.3, 0.4) is 0 Å². The number of rotatable bonds is 4. The molecule has 0 radical (unpaired) electrons. The molecule has 0 bridgehead atoms. The standard InChI is InChI=1S/C13H11Cl2F4N3O3S/c1-7-9(13(17,18)19)5-20-22(11(7)23)8-2-3-12(15,16)10(4-8)21-26(24,25)6-14/h2-5,10,21H,6H2,1H3. The van der Waals surface area contributed by atoms with E-state index < -0.39 is 49.3 Å². The fourth-order valence-electron chi connectivity index (χ4n) is 2.12. The highest BCUT2D eigenvalue weighted by molar-refractivity contribution is 7.90. The van der Waals surface area contributed by atoms with Gasteiger partial charge < -0.3 is 0 Å². The topological polar surface area (TPSA) is 81.1 Å². The molecule has 1 aromatic heterocycles. The maximum atomic E-state index is 14.3. The Hall–Kier alpha value is -1.43. The van der Waals surface area contributed by atoms with Crippen molar-refractivity contribution >= 4 is 38.9 Å². The van der Waals surface area contributed by atoms with Crippen LogP contribution in [0.4, 0.5) is 17.6 Å². The van der Waals surface area contributed by atoms with Crippen molar-refractivity contribution in [1.82, 2.24) is 14.5 Å². The first kappa shape index (κ1) is 20.9. The second kappa shape index (κ2) is 6.95. The summed E-state index contributed by atoms with van der Waals surface area (Å²) in [4.78, 5) is 12.2. The fourth-order valence-corrected chi connectivity index (χ4v) is 3.25. The van der Waals surface area contributed by atoms with Crippen LogP contribution in [-0.2, 0) is 16.2 Å². The molecule has 0 amide bonds. The Balaban J connectivity index is 2.52. The van der Waals surface area contributed by atoms with Gasteiger partial charge in [-0.2, -0.15) is 23.0 Å². The molecule has 1 aromatic rings. The number of hydrogen-bond acceptors (Lipinski definition) is 4. The molecule has 1 heterocycles. The molecular weight excluding hydrogens is 425 g/mol. The molecule has 6 nitrogen and oxygen atoms in total. The highest BCUT2D eigenvalue weighted by atomic mass is 35.5. The van der Waals surface area contributed by atoms with Crippen LogP contribution in [0.15, 0.2) is 29.2 Å². The number of hydrogen-bond donors (Lipinski definition) is 1. The van der Waals surface area contributed by atoms with Crippen LogP contribution in [0.1, 0.15) is 11.1 Å². The molecule has 13 heteroatoms. The SMILES string of the molecule is Cc1c(C(F)(F)F)cnn(C2=CC(NS(=O)(=O)CCl)C(F)(Cl)C=C2)c1=O. The number of aromatic nitrogens is 2. The largest absolute Gasteiger partial charge is 0.418 e. The molecular formula is C13H11Cl2F4N3O3S. The number of alkyl halides is 6. The summed E-state index contributed by atoms with van der Waals surface area (Å²) in [7, 11) is -4.08. The number of nitrogens with one attached hydrogen (secondary N) is 1. The highest BCUT2D eigenvalue weighted by Gasteiger charge is 2.39. The van der Waals surface area contributed by atoms with Crippen molar-refractivity contribution in [2.75, 3.05) is 5.21 Å². The summed E-state index contributed by atoms with van der Waals surface area (Å²) in [5.74, 6) is 0. The number of sulfonamides is 1. The lowest BCUT2D eigenvalue weighted by Gasteiger charge is -2.27. The van der Waals surface area contributed by atoms with Crippen molar-refractivity contribution in [3.05, 3.63) is 45.9 Å². The fraction of sp³-hybridized carbons (Fsp3) is 0.385.